The largest absolute Gasteiger partial charge is 0.379 e. The van der Waals surface area contributed by atoms with Gasteiger partial charge in [-0.3, -0.25) is 20.2 Å². The number of hydrogen-bond donors (Lipinski definition) is 0. The lowest BCUT2D eigenvalue weighted by atomic mass is 10.3. The zero-order valence-corrected chi connectivity index (χ0v) is 11.6. The highest BCUT2D eigenvalue weighted by molar-refractivity contribution is 7.87. The van der Waals surface area contributed by atoms with Gasteiger partial charge in [-0.2, -0.15) is 8.42 Å². The molecule has 2 aromatic rings. The Kier molecular flexibility index (Phi) is 4.04. The summed E-state index contributed by atoms with van der Waals surface area (Å²) in [5.74, 6) is -0.0170. The fourth-order valence-electron chi connectivity index (χ4n) is 1.57. The normalized spacial score (nSPS) is 10.9. The van der Waals surface area contributed by atoms with Crippen LogP contribution in [-0.2, 0) is 10.1 Å². The summed E-state index contributed by atoms with van der Waals surface area (Å²) in [6.45, 7) is 0. The van der Waals surface area contributed by atoms with Crippen molar-refractivity contribution in [3.05, 3.63) is 68.8 Å². The lowest BCUT2D eigenvalue weighted by molar-refractivity contribution is -0.394. The van der Waals surface area contributed by atoms with Crippen LogP contribution in [0.1, 0.15) is 0 Å². The molecule has 0 aliphatic carbocycles. The maximum atomic E-state index is 12.1. The first-order chi connectivity index (χ1) is 10.3. The molecule has 2 aromatic carbocycles. The van der Waals surface area contributed by atoms with Gasteiger partial charge < -0.3 is 4.18 Å². The Balaban J connectivity index is 2.50. The maximum Gasteiger partial charge on any atom is 0.339 e. The third-order valence-electron chi connectivity index (χ3n) is 2.54. The summed E-state index contributed by atoms with van der Waals surface area (Å²) in [5, 5.41) is 21.5. The molecular weight excluding hydrogens is 316 g/mol. The standard InChI is InChI=1S/C12H8N2O7S/c15-13(16)9-6-10(14(17)18)8-12(7-9)22(19,20)21-11-4-2-1-3-5-11/h1-8H. The average Bonchev–Trinajstić information content (AvgIpc) is 2.47. The van der Waals surface area contributed by atoms with E-state index in [4.69, 9.17) is 4.18 Å². The van der Waals surface area contributed by atoms with Crippen LogP contribution in [-0.4, -0.2) is 18.3 Å². The molecule has 9 nitrogen and oxygen atoms in total. The molecule has 0 unspecified atom stereocenters. The smallest absolute Gasteiger partial charge is 0.339 e. The van der Waals surface area contributed by atoms with E-state index in [-0.39, 0.29) is 5.75 Å². The van der Waals surface area contributed by atoms with Gasteiger partial charge in [0.1, 0.15) is 10.6 Å². The molecule has 0 saturated carbocycles. The summed E-state index contributed by atoms with van der Waals surface area (Å²) >= 11 is 0. The summed E-state index contributed by atoms with van der Waals surface area (Å²) in [6, 6.07) is 9.49. The zero-order valence-electron chi connectivity index (χ0n) is 10.8. The first-order valence-electron chi connectivity index (χ1n) is 5.73. The maximum absolute atomic E-state index is 12.1. The van der Waals surface area contributed by atoms with E-state index in [1.54, 1.807) is 6.07 Å². The predicted octanol–water partition coefficient (Wildman–Crippen LogP) is 2.27. The summed E-state index contributed by atoms with van der Waals surface area (Å²) in [5.41, 5.74) is -1.44. The highest BCUT2D eigenvalue weighted by Crippen LogP contribution is 2.27. The van der Waals surface area contributed by atoms with Gasteiger partial charge in [-0.05, 0) is 12.1 Å². The quantitative estimate of drug-likeness (QED) is 0.468. The number of nitro groups is 2. The highest BCUT2D eigenvalue weighted by atomic mass is 32.2. The minimum absolute atomic E-state index is 0.0170. The first kappa shape index (κ1) is 15.4. The van der Waals surface area contributed by atoms with E-state index in [0.717, 1.165) is 0 Å². The van der Waals surface area contributed by atoms with Crippen LogP contribution >= 0.6 is 0 Å². The van der Waals surface area contributed by atoms with E-state index in [1.807, 2.05) is 0 Å². The molecule has 0 aliphatic heterocycles. The van der Waals surface area contributed by atoms with E-state index < -0.39 is 36.2 Å². The van der Waals surface area contributed by atoms with Crippen LogP contribution < -0.4 is 4.18 Å². The van der Waals surface area contributed by atoms with E-state index >= 15 is 0 Å². The van der Waals surface area contributed by atoms with Gasteiger partial charge in [0.25, 0.3) is 11.4 Å². The van der Waals surface area contributed by atoms with Gasteiger partial charge in [-0.25, -0.2) is 0 Å². The van der Waals surface area contributed by atoms with Crippen molar-refractivity contribution in [2.24, 2.45) is 0 Å². The van der Waals surface area contributed by atoms with E-state index in [9.17, 15) is 28.6 Å². The topological polar surface area (TPSA) is 130 Å². The minimum atomic E-state index is -4.43. The van der Waals surface area contributed by atoms with Crippen LogP contribution in [0.5, 0.6) is 5.75 Å². The Hall–Kier alpha value is -3.01. The zero-order chi connectivity index (χ0) is 16.3. The van der Waals surface area contributed by atoms with Gasteiger partial charge >= 0.3 is 10.1 Å². The molecule has 0 spiro atoms. The van der Waals surface area contributed by atoms with Crippen LogP contribution in [0.2, 0.25) is 0 Å². The molecule has 114 valence electrons. The summed E-state index contributed by atoms with van der Waals surface area (Å²) < 4.78 is 29.0. The summed E-state index contributed by atoms with van der Waals surface area (Å²) in [7, 11) is -4.43. The summed E-state index contributed by atoms with van der Waals surface area (Å²) in [4.78, 5) is 19.0. The van der Waals surface area contributed by atoms with Crippen LogP contribution in [0.25, 0.3) is 0 Å². The van der Waals surface area contributed by atoms with Crippen LogP contribution in [0.15, 0.2) is 53.4 Å². The van der Waals surface area contributed by atoms with Crippen molar-refractivity contribution in [2.75, 3.05) is 0 Å². The second-order valence-corrected chi connectivity index (χ2v) is 5.60. The fourth-order valence-corrected chi connectivity index (χ4v) is 2.56. The number of nitro benzene ring substituents is 2. The van der Waals surface area contributed by atoms with E-state index in [0.29, 0.717) is 18.2 Å². The number of hydrogen-bond acceptors (Lipinski definition) is 7. The molecule has 0 heterocycles. The molecule has 2 rings (SSSR count). The third kappa shape index (κ3) is 3.35. The molecule has 0 fully saturated rings. The Morgan fingerprint density at radius 2 is 1.36 bits per heavy atom. The first-order valence-corrected chi connectivity index (χ1v) is 7.14. The number of rotatable bonds is 5. The van der Waals surface area contributed by atoms with E-state index in [1.165, 1.54) is 24.3 Å². The van der Waals surface area contributed by atoms with Crippen LogP contribution in [0.3, 0.4) is 0 Å². The van der Waals surface area contributed by atoms with Gasteiger partial charge in [0.2, 0.25) is 0 Å². The number of para-hydroxylation sites is 1. The van der Waals surface area contributed by atoms with Crippen molar-refractivity contribution < 1.29 is 22.4 Å². The SMILES string of the molecule is O=[N+]([O-])c1cc([N+](=O)[O-])cc(S(=O)(=O)Oc2ccccc2)c1. The van der Waals surface area contributed by atoms with Crippen molar-refractivity contribution in [3.8, 4) is 5.75 Å². The van der Waals surface area contributed by atoms with Crippen molar-refractivity contribution in [2.45, 2.75) is 4.90 Å². The Morgan fingerprint density at radius 1 is 0.864 bits per heavy atom. The Morgan fingerprint density at radius 3 is 1.82 bits per heavy atom. The molecule has 10 heteroatoms. The number of benzene rings is 2. The third-order valence-corrected chi connectivity index (χ3v) is 3.76. The molecule has 0 N–H and O–H groups in total. The molecule has 0 amide bonds. The van der Waals surface area contributed by atoms with Crippen molar-refractivity contribution in [1.82, 2.24) is 0 Å². The molecule has 0 atom stereocenters. The molecule has 22 heavy (non-hydrogen) atoms. The second kappa shape index (κ2) is 5.77. The van der Waals surface area contributed by atoms with Crippen molar-refractivity contribution >= 4 is 21.5 Å². The van der Waals surface area contributed by atoms with Gasteiger partial charge in [-0.1, -0.05) is 18.2 Å². The second-order valence-electron chi connectivity index (χ2n) is 4.05. The highest BCUT2D eigenvalue weighted by Gasteiger charge is 2.25. The van der Waals surface area contributed by atoms with Gasteiger partial charge in [-0.15, -0.1) is 0 Å². The van der Waals surface area contributed by atoms with Crippen LogP contribution in [0, 0.1) is 20.2 Å². The van der Waals surface area contributed by atoms with E-state index in [2.05, 4.69) is 0 Å². The van der Waals surface area contributed by atoms with Crippen LogP contribution in [0.4, 0.5) is 11.4 Å². The molecular formula is C12H8N2O7S. The lowest BCUT2D eigenvalue weighted by Crippen LogP contribution is -2.10. The number of nitrogens with zero attached hydrogens (tertiary/aromatic N) is 2. The summed E-state index contributed by atoms with van der Waals surface area (Å²) in [6.07, 6.45) is 0. The van der Waals surface area contributed by atoms with Gasteiger partial charge in [0.15, 0.2) is 0 Å². The molecule has 0 bridgehead atoms. The van der Waals surface area contributed by atoms with Crippen molar-refractivity contribution in [3.63, 3.8) is 0 Å². The molecule has 0 radical (unpaired) electrons. The molecule has 0 saturated heterocycles. The molecule has 0 aromatic heterocycles. The predicted molar refractivity (Wildman–Crippen MR) is 74.0 cm³/mol. The van der Waals surface area contributed by atoms with Gasteiger partial charge in [0.05, 0.1) is 15.9 Å². The average molecular weight is 324 g/mol. The van der Waals surface area contributed by atoms with Crippen molar-refractivity contribution in [1.29, 1.82) is 0 Å². The molecule has 0 aliphatic rings. The lowest BCUT2D eigenvalue weighted by Gasteiger charge is -2.06. The monoisotopic (exact) mass is 324 g/mol. The number of non-ortho nitro benzene ring substituents is 2. The Labute approximate surface area is 124 Å². The minimum Gasteiger partial charge on any atom is -0.379 e. The fraction of sp³-hybridized carbons (Fsp3) is 0. The van der Waals surface area contributed by atoms with Gasteiger partial charge in [0, 0.05) is 12.1 Å². The Bertz CT molecular complexity index is 802.